The van der Waals surface area contributed by atoms with Gasteiger partial charge in [-0.05, 0) is 14.0 Å². The van der Waals surface area contributed by atoms with Gasteiger partial charge in [0.2, 0.25) is 0 Å². The molecular formula is C8H13ClN2. The van der Waals surface area contributed by atoms with Crippen LogP contribution < -0.4 is 0 Å². The summed E-state index contributed by atoms with van der Waals surface area (Å²) in [5.74, 6) is 0.0868. The van der Waals surface area contributed by atoms with E-state index in [1.165, 1.54) is 5.54 Å². The molecule has 0 fully saturated rings. The summed E-state index contributed by atoms with van der Waals surface area (Å²) in [5, 5.41) is 8.49. The monoisotopic (exact) mass is 172 g/mol. The second kappa shape index (κ2) is 6.21. The van der Waals surface area contributed by atoms with Gasteiger partial charge in [0.05, 0.1) is 12.0 Å². The predicted octanol–water partition coefficient (Wildman–Crippen LogP) is 1.83. The first-order valence-electron chi connectivity index (χ1n) is 3.54. The first-order chi connectivity index (χ1) is 5.20. The number of halogens is 1. The Bertz CT molecular complexity index is 160. The highest BCUT2D eigenvalue weighted by atomic mass is 35.5. The van der Waals surface area contributed by atoms with Gasteiger partial charge in [0, 0.05) is 18.6 Å². The van der Waals surface area contributed by atoms with Gasteiger partial charge in [-0.2, -0.15) is 5.26 Å². The van der Waals surface area contributed by atoms with Crippen LogP contribution in [0.2, 0.25) is 0 Å². The number of hydrogen-bond donors (Lipinski definition) is 0. The zero-order valence-corrected chi connectivity index (χ0v) is 7.67. The molecule has 0 spiro atoms. The van der Waals surface area contributed by atoms with Crippen molar-refractivity contribution in [1.82, 2.24) is 4.90 Å². The first kappa shape index (κ1) is 10.5. The molecule has 0 aromatic carbocycles. The molecule has 62 valence electrons. The highest BCUT2D eigenvalue weighted by Crippen LogP contribution is 1.95. The lowest BCUT2D eigenvalue weighted by atomic mass is 10.2. The predicted molar refractivity (Wildman–Crippen MR) is 47.3 cm³/mol. The maximum Gasteiger partial charge on any atom is 0.0666 e. The van der Waals surface area contributed by atoms with Crippen LogP contribution in [0.5, 0.6) is 0 Å². The molecular weight excluding hydrogens is 160 g/mol. The van der Waals surface area contributed by atoms with Crippen LogP contribution in [0, 0.1) is 17.2 Å². The molecule has 3 heteroatoms. The van der Waals surface area contributed by atoms with Crippen LogP contribution in [0.25, 0.3) is 0 Å². The molecule has 11 heavy (non-hydrogen) atoms. The van der Waals surface area contributed by atoms with E-state index >= 15 is 0 Å². The minimum atomic E-state index is 0.0868. The summed E-state index contributed by atoms with van der Waals surface area (Å²) in [6.45, 7) is 3.49. The molecule has 0 bridgehead atoms. The van der Waals surface area contributed by atoms with Gasteiger partial charge in [-0.25, -0.2) is 0 Å². The molecule has 0 N–H and O–H groups in total. The minimum absolute atomic E-state index is 0.0868. The highest BCUT2D eigenvalue weighted by molar-refractivity contribution is 6.25. The Morgan fingerprint density at radius 3 is 2.82 bits per heavy atom. The van der Waals surface area contributed by atoms with Crippen molar-refractivity contribution < 1.29 is 0 Å². The van der Waals surface area contributed by atoms with E-state index in [-0.39, 0.29) is 5.92 Å². The second-order valence-electron chi connectivity index (χ2n) is 2.61. The normalized spacial score (nSPS) is 13.7. The van der Waals surface area contributed by atoms with E-state index in [1.54, 1.807) is 0 Å². The van der Waals surface area contributed by atoms with Crippen LogP contribution >= 0.6 is 11.6 Å². The largest absolute Gasteiger partial charge is 0.301 e. The van der Waals surface area contributed by atoms with E-state index in [0.29, 0.717) is 0 Å². The molecule has 0 amide bonds. The molecule has 0 aliphatic rings. The molecule has 1 atom stereocenters. The van der Waals surface area contributed by atoms with Gasteiger partial charge in [-0.3, -0.25) is 0 Å². The standard InChI is InChI=1S/C8H13ClN2/c1-8(6-10)7-11(2)5-3-4-9/h3-4,8H,5,7H2,1-2H3. The summed E-state index contributed by atoms with van der Waals surface area (Å²) in [6.07, 6.45) is 1.85. The lowest BCUT2D eigenvalue weighted by Gasteiger charge is -2.14. The number of nitrogens with zero attached hydrogens (tertiary/aromatic N) is 2. The summed E-state index contributed by atoms with van der Waals surface area (Å²) in [5.41, 5.74) is 1.49. The van der Waals surface area contributed by atoms with Crippen LogP contribution in [0.3, 0.4) is 0 Å². The molecule has 0 saturated heterocycles. The van der Waals surface area contributed by atoms with E-state index < -0.39 is 0 Å². The average molecular weight is 173 g/mol. The lowest BCUT2D eigenvalue weighted by molar-refractivity contribution is 0.342. The fourth-order valence-corrected chi connectivity index (χ4v) is 0.882. The Hall–Kier alpha value is -0.520. The van der Waals surface area contributed by atoms with Gasteiger partial charge in [0.15, 0.2) is 0 Å². The summed E-state index contributed by atoms with van der Waals surface area (Å²) in [4.78, 5) is 2.05. The van der Waals surface area contributed by atoms with Crippen LogP contribution in [0.15, 0.2) is 11.6 Å². The molecule has 2 nitrogen and oxygen atoms in total. The van der Waals surface area contributed by atoms with Gasteiger partial charge in [-0.1, -0.05) is 17.7 Å². The summed E-state index contributed by atoms with van der Waals surface area (Å²) < 4.78 is 0. The first-order valence-corrected chi connectivity index (χ1v) is 3.97. The van der Waals surface area contributed by atoms with E-state index in [2.05, 4.69) is 6.07 Å². The van der Waals surface area contributed by atoms with Crippen LogP contribution in [-0.4, -0.2) is 25.0 Å². The molecule has 1 unspecified atom stereocenters. The number of hydrogen-bond acceptors (Lipinski definition) is 2. The molecule has 0 aromatic rings. The quantitative estimate of drug-likeness (QED) is 0.647. The van der Waals surface area contributed by atoms with Gasteiger partial charge in [0.25, 0.3) is 0 Å². The highest BCUT2D eigenvalue weighted by Gasteiger charge is 2.02. The zero-order chi connectivity index (χ0) is 8.69. The topological polar surface area (TPSA) is 27.0 Å². The Balaban J connectivity index is 3.53. The molecule has 0 saturated carbocycles. The fourth-order valence-electron chi connectivity index (χ4n) is 0.803. The van der Waals surface area contributed by atoms with Crippen molar-refractivity contribution in [2.45, 2.75) is 6.92 Å². The van der Waals surface area contributed by atoms with Crippen molar-refractivity contribution >= 4 is 11.6 Å². The number of nitriles is 1. The average Bonchev–Trinajstić information content (AvgIpc) is 2.00. The van der Waals surface area contributed by atoms with Gasteiger partial charge >= 0.3 is 0 Å². The van der Waals surface area contributed by atoms with E-state index in [1.807, 2.05) is 24.9 Å². The third-order valence-corrected chi connectivity index (χ3v) is 1.49. The van der Waals surface area contributed by atoms with Crippen LogP contribution in [0.1, 0.15) is 6.92 Å². The molecule has 0 aliphatic carbocycles. The van der Waals surface area contributed by atoms with Gasteiger partial charge in [-0.15, -0.1) is 0 Å². The minimum Gasteiger partial charge on any atom is -0.301 e. The van der Waals surface area contributed by atoms with Crippen molar-refractivity contribution in [3.8, 4) is 6.07 Å². The molecule has 0 rings (SSSR count). The van der Waals surface area contributed by atoms with Crippen molar-refractivity contribution in [3.05, 3.63) is 11.6 Å². The maximum absolute atomic E-state index is 8.49. The summed E-state index contributed by atoms with van der Waals surface area (Å²) >= 11 is 5.34. The fraction of sp³-hybridized carbons (Fsp3) is 0.625. The smallest absolute Gasteiger partial charge is 0.0666 e. The zero-order valence-electron chi connectivity index (χ0n) is 6.92. The SMILES string of the molecule is CC(C#N)CN(C)CC=CCl. The van der Waals surface area contributed by atoms with Gasteiger partial charge < -0.3 is 4.90 Å². The number of rotatable bonds is 4. The van der Waals surface area contributed by atoms with Crippen molar-refractivity contribution in [2.24, 2.45) is 5.92 Å². The van der Waals surface area contributed by atoms with Crippen molar-refractivity contribution in [3.63, 3.8) is 0 Å². The van der Waals surface area contributed by atoms with Gasteiger partial charge in [0.1, 0.15) is 0 Å². The maximum atomic E-state index is 8.49. The summed E-state index contributed by atoms with van der Waals surface area (Å²) in [6, 6.07) is 2.17. The van der Waals surface area contributed by atoms with Crippen molar-refractivity contribution in [2.75, 3.05) is 20.1 Å². The Labute approximate surface area is 73.1 Å². The molecule has 0 aromatic heterocycles. The Morgan fingerprint density at radius 2 is 2.36 bits per heavy atom. The van der Waals surface area contributed by atoms with E-state index in [4.69, 9.17) is 16.9 Å². The summed E-state index contributed by atoms with van der Waals surface area (Å²) in [7, 11) is 1.96. The number of likely N-dealkylation sites (N-methyl/N-ethyl adjacent to an activating group) is 1. The third-order valence-electron chi connectivity index (χ3n) is 1.31. The van der Waals surface area contributed by atoms with Crippen LogP contribution in [0.4, 0.5) is 0 Å². The Kier molecular flexibility index (Phi) is 5.91. The van der Waals surface area contributed by atoms with E-state index in [0.717, 1.165) is 13.1 Å². The second-order valence-corrected chi connectivity index (χ2v) is 2.87. The Morgan fingerprint density at radius 1 is 1.73 bits per heavy atom. The molecule has 0 aliphatic heterocycles. The lowest BCUT2D eigenvalue weighted by Crippen LogP contribution is -2.23. The van der Waals surface area contributed by atoms with E-state index in [9.17, 15) is 0 Å². The molecule has 0 radical (unpaired) electrons. The molecule has 0 heterocycles. The van der Waals surface area contributed by atoms with Crippen molar-refractivity contribution in [1.29, 1.82) is 5.26 Å². The third kappa shape index (κ3) is 5.90. The van der Waals surface area contributed by atoms with Crippen LogP contribution in [-0.2, 0) is 0 Å².